The summed E-state index contributed by atoms with van der Waals surface area (Å²) in [5.74, 6) is 0. The van der Waals surface area contributed by atoms with Gasteiger partial charge in [0.25, 0.3) is 0 Å². The van der Waals surface area contributed by atoms with Crippen molar-refractivity contribution >= 4 is 0 Å². The molecule has 1 saturated heterocycles. The maximum atomic E-state index is 5.28. The molecule has 13 heavy (non-hydrogen) atoms. The molecule has 1 unspecified atom stereocenters. The van der Waals surface area contributed by atoms with Gasteiger partial charge >= 0.3 is 0 Å². The van der Waals surface area contributed by atoms with Crippen LogP contribution in [0.1, 0.15) is 34.6 Å². The van der Waals surface area contributed by atoms with Crippen molar-refractivity contribution in [1.82, 2.24) is 0 Å². The smallest absolute Gasteiger partial charge is 0.165 e. The minimum atomic E-state index is -0.415. The van der Waals surface area contributed by atoms with Crippen molar-refractivity contribution in [1.29, 1.82) is 0 Å². The monoisotopic (exact) mass is 182 g/mol. The molecule has 0 amide bonds. The summed E-state index contributed by atoms with van der Waals surface area (Å²) < 4.78 is 0. The van der Waals surface area contributed by atoms with Gasteiger partial charge in [0.1, 0.15) is 5.60 Å². The first-order chi connectivity index (χ1) is 5.77. The Bertz CT molecular complexity index is 242. The molecule has 2 nitrogen and oxygen atoms in total. The van der Waals surface area contributed by atoms with Crippen LogP contribution in [-0.2, 0) is 9.78 Å². The fourth-order valence-corrected chi connectivity index (χ4v) is 1.88. The average Bonchev–Trinajstić information content (AvgIpc) is 1.95. The average molecular weight is 182 g/mol. The summed E-state index contributed by atoms with van der Waals surface area (Å²) in [5, 5.41) is 0. The lowest BCUT2D eigenvalue weighted by molar-refractivity contribution is -0.549. The van der Waals surface area contributed by atoms with Crippen LogP contribution in [0.25, 0.3) is 0 Å². The minimum Gasteiger partial charge on any atom is -0.226 e. The molecule has 0 saturated carbocycles. The molecule has 0 aromatic heterocycles. The maximum Gasteiger partial charge on any atom is 0.165 e. The largest absolute Gasteiger partial charge is 0.226 e. The molecule has 0 radical (unpaired) electrons. The van der Waals surface area contributed by atoms with E-state index in [1.807, 2.05) is 19.9 Å². The second kappa shape index (κ2) is 2.71. The molecule has 1 aliphatic rings. The van der Waals surface area contributed by atoms with Crippen molar-refractivity contribution in [3.05, 3.63) is 18.4 Å². The van der Waals surface area contributed by atoms with Crippen LogP contribution in [0, 0.1) is 5.41 Å². The molecule has 0 aromatic rings. The molecule has 1 fully saturated rings. The highest BCUT2D eigenvalue weighted by molar-refractivity contribution is 5.18. The summed E-state index contributed by atoms with van der Waals surface area (Å²) >= 11 is 0. The fraction of sp³-hybridized carbons (Fsp3) is 0.727. The summed E-state index contributed by atoms with van der Waals surface area (Å²) in [6.45, 7) is 14.0. The fourth-order valence-electron chi connectivity index (χ4n) is 1.88. The van der Waals surface area contributed by atoms with Crippen molar-refractivity contribution in [2.45, 2.75) is 45.8 Å². The molecule has 0 spiro atoms. The zero-order valence-corrected chi connectivity index (χ0v) is 9.10. The second-order valence-corrected chi connectivity index (χ2v) is 5.01. The Hall–Kier alpha value is -0.560. The van der Waals surface area contributed by atoms with E-state index in [0.717, 1.165) is 0 Å². The molecule has 0 N–H and O–H groups in total. The summed E-state index contributed by atoms with van der Waals surface area (Å²) in [6, 6.07) is 0. The maximum absolute atomic E-state index is 5.28. The SMILES string of the molecule is C=C=CC1(C(C)(C)C)OOC1(C)C. The Labute approximate surface area is 80.2 Å². The Balaban J connectivity index is 3.12. The molecule has 0 aromatic carbocycles. The van der Waals surface area contributed by atoms with Crippen LogP contribution in [0.4, 0.5) is 0 Å². The highest BCUT2D eigenvalue weighted by atomic mass is 17.3. The Morgan fingerprint density at radius 2 is 1.77 bits per heavy atom. The van der Waals surface area contributed by atoms with Gasteiger partial charge < -0.3 is 0 Å². The van der Waals surface area contributed by atoms with E-state index in [2.05, 4.69) is 33.1 Å². The van der Waals surface area contributed by atoms with Crippen LogP contribution in [0.5, 0.6) is 0 Å². The van der Waals surface area contributed by atoms with Gasteiger partial charge in [0, 0.05) is 5.41 Å². The Kier molecular flexibility index (Phi) is 2.20. The van der Waals surface area contributed by atoms with Gasteiger partial charge in [-0.15, -0.1) is 5.73 Å². The van der Waals surface area contributed by atoms with E-state index in [4.69, 9.17) is 9.78 Å². The van der Waals surface area contributed by atoms with E-state index in [-0.39, 0.29) is 11.0 Å². The zero-order chi connectivity index (χ0) is 10.3. The van der Waals surface area contributed by atoms with Gasteiger partial charge in [-0.2, -0.15) is 0 Å². The lowest BCUT2D eigenvalue weighted by Crippen LogP contribution is -2.68. The van der Waals surface area contributed by atoms with Crippen LogP contribution >= 0.6 is 0 Å². The van der Waals surface area contributed by atoms with E-state index >= 15 is 0 Å². The lowest BCUT2D eigenvalue weighted by Gasteiger charge is -2.57. The molecule has 1 rings (SSSR count). The van der Waals surface area contributed by atoms with Crippen LogP contribution in [0.15, 0.2) is 18.4 Å². The highest BCUT2D eigenvalue weighted by Gasteiger charge is 2.63. The second-order valence-electron chi connectivity index (χ2n) is 5.01. The Morgan fingerprint density at radius 3 is 1.85 bits per heavy atom. The first-order valence-electron chi connectivity index (χ1n) is 4.51. The van der Waals surface area contributed by atoms with Crippen LogP contribution in [-0.4, -0.2) is 11.2 Å². The number of rotatable bonds is 1. The van der Waals surface area contributed by atoms with E-state index in [0.29, 0.717) is 0 Å². The van der Waals surface area contributed by atoms with Crippen molar-refractivity contribution in [3.8, 4) is 0 Å². The van der Waals surface area contributed by atoms with E-state index in [1.165, 1.54) is 0 Å². The zero-order valence-electron chi connectivity index (χ0n) is 9.10. The molecular formula is C11H18O2. The third-order valence-electron chi connectivity index (χ3n) is 2.70. The van der Waals surface area contributed by atoms with Crippen LogP contribution in [0.3, 0.4) is 0 Å². The molecule has 1 heterocycles. The highest BCUT2D eigenvalue weighted by Crippen LogP contribution is 2.52. The van der Waals surface area contributed by atoms with E-state index < -0.39 is 5.60 Å². The van der Waals surface area contributed by atoms with Crippen molar-refractivity contribution in [2.24, 2.45) is 5.41 Å². The van der Waals surface area contributed by atoms with E-state index in [1.54, 1.807) is 0 Å². The number of hydrogen-bond acceptors (Lipinski definition) is 2. The first kappa shape index (κ1) is 10.5. The van der Waals surface area contributed by atoms with Gasteiger partial charge in [0.2, 0.25) is 0 Å². The molecule has 1 aliphatic heterocycles. The van der Waals surface area contributed by atoms with Gasteiger partial charge in [-0.05, 0) is 19.9 Å². The molecule has 1 atom stereocenters. The normalized spacial score (nSPS) is 31.8. The van der Waals surface area contributed by atoms with Crippen molar-refractivity contribution < 1.29 is 9.78 Å². The molecular weight excluding hydrogens is 164 g/mol. The molecule has 74 valence electrons. The lowest BCUT2D eigenvalue weighted by atomic mass is 9.66. The number of hydrogen-bond donors (Lipinski definition) is 0. The van der Waals surface area contributed by atoms with Gasteiger partial charge in [0.05, 0.1) is 0 Å². The summed E-state index contributed by atoms with van der Waals surface area (Å²) in [5.41, 5.74) is 2.04. The van der Waals surface area contributed by atoms with Crippen molar-refractivity contribution in [3.63, 3.8) is 0 Å². The quantitative estimate of drug-likeness (QED) is 0.458. The molecule has 0 bridgehead atoms. The summed E-state index contributed by atoms with van der Waals surface area (Å²) in [7, 11) is 0. The van der Waals surface area contributed by atoms with Crippen molar-refractivity contribution in [2.75, 3.05) is 0 Å². The third kappa shape index (κ3) is 1.26. The topological polar surface area (TPSA) is 18.5 Å². The summed E-state index contributed by atoms with van der Waals surface area (Å²) in [4.78, 5) is 10.4. The molecule has 2 heteroatoms. The predicted octanol–water partition coefficient (Wildman–Crippen LogP) is 2.85. The third-order valence-corrected chi connectivity index (χ3v) is 2.70. The van der Waals surface area contributed by atoms with Crippen LogP contribution < -0.4 is 0 Å². The molecule has 0 aliphatic carbocycles. The van der Waals surface area contributed by atoms with Gasteiger partial charge in [-0.25, -0.2) is 9.78 Å². The van der Waals surface area contributed by atoms with E-state index in [9.17, 15) is 0 Å². The standard InChI is InChI=1S/C11H18O2/c1-7-8-11(9(2,3)4)10(5,6)12-13-11/h8H,1H2,2-6H3. The predicted molar refractivity (Wildman–Crippen MR) is 52.1 cm³/mol. The minimum absolute atomic E-state index is 0.0283. The first-order valence-corrected chi connectivity index (χ1v) is 4.51. The van der Waals surface area contributed by atoms with Gasteiger partial charge in [-0.1, -0.05) is 27.4 Å². The van der Waals surface area contributed by atoms with Crippen LogP contribution in [0.2, 0.25) is 0 Å². The van der Waals surface area contributed by atoms with Gasteiger partial charge in [-0.3, -0.25) is 0 Å². The van der Waals surface area contributed by atoms with Gasteiger partial charge in [0.15, 0.2) is 5.60 Å². The Morgan fingerprint density at radius 1 is 1.23 bits per heavy atom. The summed E-state index contributed by atoms with van der Waals surface area (Å²) in [6.07, 6.45) is 1.86.